The van der Waals surface area contributed by atoms with Gasteiger partial charge in [0.15, 0.2) is 0 Å². The van der Waals surface area contributed by atoms with E-state index >= 15 is 0 Å². The maximum Gasteiger partial charge on any atom is 0.0837 e. The second-order valence-electron chi connectivity index (χ2n) is 3.95. The minimum Gasteiger partial charge on any atom is -0.374 e. The summed E-state index contributed by atoms with van der Waals surface area (Å²) in [5.41, 5.74) is 1.28. The van der Waals surface area contributed by atoms with Gasteiger partial charge in [0.05, 0.1) is 6.10 Å². The van der Waals surface area contributed by atoms with Gasteiger partial charge in [-0.15, -0.1) is 0 Å². The molecular formula is C13H21NO. The van der Waals surface area contributed by atoms with E-state index in [9.17, 15) is 0 Å². The van der Waals surface area contributed by atoms with E-state index < -0.39 is 0 Å². The molecule has 1 aromatic carbocycles. The Bertz CT molecular complexity index is 258. The zero-order valence-electron chi connectivity index (χ0n) is 9.94. The first-order chi connectivity index (χ1) is 7.24. The Hall–Kier alpha value is -0.860. The molecule has 0 aliphatic rings. The third kappa shape index (κ3) is 4.45. The number of rotatable bonds is 6. The molecule has 0 N–H and O–H groups in total. The molecule has 1 rings (SSSR count). The average Bonchev–Trinajstić information content (AvgIpc) is 2.25. The first kappa shape index (κ1) is 12.2. The predicted molar refractivity (Wildman–Crippen MR) is 64.0 cm³/mol. The molecule has 1 unspecified atom stereocenters. The van der Waals surface area contributed by atoms with Crippen molar-refractivity contribution in [1.29, 1.82) is 0 Å². The van der Waals surface area contributed by atoms with Crippen LogP contribution in [0.1, 0.15) is 25.0 Å². The van der Waals surface area contributed by atoms with E-state index in [1.807, 2.05) is 13.0 Å². The number of ether oxygens (including phenoxy) is 1. The monoisotopic (exact) mass is 207 g/mol. The smallest absolute Gasteiger partial charge is 0.0837 e. The molecule has 0 radical (unpaired) electrons. The third-order valence-corrected chi connectivity index (χ3v) is 2.38. The van der Waals surface area contributed by atoms with Crippen LogP contribution < -0.4 is 0 Å². The van der Waals surface area contributed by atoms with E-state index in [0.717, 1.165) is 19.6 Å². The summed E-state index contributed by atoms with van der Waals surface area (Å²) in [7, 11) is 4.18. The molecule has 0 aliphatic carbocycles. The Labute approximate surface area is 92.9 Å². The summed E-state index contributed by atoms with van der Waals surface area (Å²) in [4.78, 5) is 2.19. The zero-order chi connectivity index (χ0) is 11.1. The van der Waals surface area contributed by atoms with Crippen LogP contribution in [0, 0.1) is 0 Å². The second kappa shape index (κ2) is 6.59. The molecule has 84 valence electrons. The second-order valence-corrected chi connectivity index (χ2v) is 3.95. The van der Waals surface area contributed by atoms with Crippen molar-refractivity contribution in [2.75, 3.05) is 27.2 Å². The highest BCUT2D eigenvalue weighted by Gasteiger charge is 2.10. The Kier molecular flexibility index (Phi) is 5.37. The fourth-order valence-electron chi connectivity index (χ4n) is 1.59. The molecule has 0 aliphatic heterocycles. The highest BCUT2D eigenvalue weighted by Crippen LogP contribution is 2.20. The Morgan fingerprint density at radius 1 is 1.20 bits per heavy atom. The summed E-state index contributed by atoms with van der Waals surface area (Å²) in [6.45, 7) is 3.87. The van der Waals surface area contributed by atoms with Crippen LogP contribution in [0.15, 0.2) is 30.3 Å². The first-order valence-corrected chi connectivity index (χ1v) is 5.55. The molecule has 0 bridgehead atoms. The van der Waals surface area contributed by atoms with Crippen molar-refractivity contribution in [2.45, 2.75) is 19.4 Å². The van der Waals surface area contributed by atoms with Gasteiger partial charge >= 0.3 is 0 Å². The molecule has 1 atom stereocenters. The van der Waals surface area contributed by atoms with Crippen LogP contribution in [0.4, 0.5) is 0 Å². The molecule has 2 nitrogen and oxygen atoms in total. The number of hydrogen-bond donors (Lipinski definition) is 0. The van der Waals surface area contributed by atoms with Gasteiger partial charge in [-0.3, -0.25) is 0 Å². The number of benzene rings is 1. The summed E-state index contributed by atoms with van der Waals surface area (Å²) in [6, 6.07) is 10.4. The van der Waals surface area contributed by atoms with E-state index in [-0.39, 0.29) is 6.10 Å². The van der Waals surface area contributed by atoms with E-state index in [2.05, 4.69) is 43.3 Å². The van der Waals surface area contributed by atoms with Crippen molar-refractivity contribution in [1.82, 2.24) is 4.90 Å². The van der Waals surface area contributed by atoms with Gasteiger partial charge in [0.25, 0.3) is 0 Å². The minimum absolute atomic E-state index is 0.235. The SMILES string of the molecule is CCOC(CCN(C)C)c1ccccc1. The maximum absolute atomic E-state index is 5.75. The van der Waals surface area contributed by atoms with Crippen LogP contribution in [0.5, 0.6) is 0 Å². The molecular weight excluding hydrogens is 186 g/mol. The van der Waals surface area contributed by atoms with Gasteiger partial charge in [-0.2, -0.15) is 0 Å². The van der Waals surface area contributed by atoms with Crippen LogP contribution in [-0.4, -0.2) is 32.1 Å². The van der Waals surface area contributed by atoms with Gasteiger partial charge in [-0.1, -0.05) is 30.3 Å². The molecule has 1 aromatic rings. The lowest BCUT2D eigenvalue weighted by Gasteiger charge is -2.19. The summed E-state index contributed by atoms with van der Waals surface area (Å²) >= 11 is 0. The van der Waals surface area contributed by atoms with Crippen LogP contribution >= 0.6 is 0 Å². The summed E-state index contributed by atoms with van der Waals surface area (Å²) in [5.74, 6) is 0. The van der Waals surface area contributed by atoms with Gasteiger partial charge in [0.2, 0.25) is 0 Å². The van der Waals surface area contributed by atoms with Crippen molar-refractivity contribution in [3.8, 4) is 0 Å². The molecule has 0 spiro atoms. The minimum atomic E-state index is 0.235. The van der Waals surface area contributed by atoms with Gasteiger partial charge in [-0.05, 0) is 33.0 Å². The Morgan fingerprint density at radius 3 is 2.40 bits per heavy atom. The first-order valence-electron chi connectivity index (χ1n) is 5.55. The van der Waals surface area contributed by atoms with Gasteiger partial charge in [-0.25, -0.2) is 0 Å². The quantitative estimate of drug-likeness (QED) is 0.711. The lowest BCUT2D eigenvalue weighted by Crippen LogP contribution is -2.17. The fraction of sp³-hybridized carbons (Fsp3) is 0.538. The van der Waals surface area contributed by atoms with Crippen molar-refractivity contribution in [3.05, 3.63) is 35.9 Å². The molecule has 2 heteroatoms. The van der Waals surface area contributed by atoms with E-state index in [1.54, 1.807) is 0 Å². The molecule has 0 heterocycles. The largest absolute Gasteiger partial charge is 0.374 e. The number of hydrogen-bond acceptors (Lipinski definition) is 2. The van der Waals surface area contributed by atoms with Crippen molar-refractivity contribution in [2.24, 2.45) is 0 Å². The zero-order valence-corrected chi connectivity index (χ0v) is 9.94. The van der Waals surface area contributed by atoms with Gasteiger partial charge in [0, 0.05) is 13.2 Å². The van der Waals surface area contributed by atoms with E-state index in [0.29, 0.717) is 0 Å². The van der Waals surface area contributed by atoms with Gasteiger partial charge in [0.1, 0.15) is 0 Å². The standard InChI is InChI=1S/C13H21NO/c1-4-15-13(10-11-14(2)3)12-8-6-5-7-9-12/h5-9,13H,4,10-11H2,1-3H3. The summed E-state index contributed by atoms with van der Waals surface area (Å²) < 4.78 is 5.75. The van der Waals surface area contributed by atoms with Crippen LogP contribution in [-0.2, 0) is 4.74 Å². The van der Waals surface area contributed by atoms with E-state index in [4.69, 9.17) is 4.74 Å². The van der Waals surface area contributed by atoms with Crippen molar-refractivity contribution in [3.63, 3.8) is 0 Å². The lowest BCUT2D eigenvalue weighted by atomic mass is 10.1. The Morgan fingerprint density at radius 2 is 1.87 bits per heavy atom. The van der Waals surface area contributed by atoms with Crippen LogP contribution in [0.3, 0.4) is 0 Å². The molecule has 15 heavy (non-hydrogen) atoms. The van der Waals surface area contributed by atoms with Crippen molar-refractivity contribution >= 4 is 0 Å². The van der Waals surface area contributed by atoms with Gasteiger partial charge < -0.3 is 9.64 Å². The molecule has 0 aromatic heterocycles. The molecule has 0 fully saturated rings. The number of nitrogens with zero attached hydrogens (tertiary/aromatic N) is 1. The molecule has 0 saturated heterocycles. The topological polar surface area (TPSA) is 12.5 Å². The average molecular weight is 207 g/mol. The van der Waals surface area contributed by atoms with Crippen LogP contribution in [0.25, 0.3) is 0 Å². The maximum atomic E-state index is 5.75. The lowest BCUT2D eigenvalue weighted by molar-refractivity contribution is 0.0511. The van der Waals surface area contributed by atoms with E-state index in [1.165, 1.54) is 5.56 Å². The fourth-order valence-corrected chi connectivity index (χ4v) is 1.59. The predicted octanol–water partition coefficient (Wildman–Crippen LogP) is 2.72. The molecule has 0 amide bonds. The summed E-state index contributed by atoms with van der Waals surface area (Å²) in [6.07, 6.45) is 1.28. The summed E-state index contributed by atoms with van der Waals surface area (Å²) in [5, 5.41) is 0. The Balaban J connectivity index is 2.57. The molecule has 0 saturated carbocycles. The van der Waals surface area contributed by atoms with Crippen LogP contribution in [0.2, 0.25) is 0 Å². The normalized spacial score (nSPS) is 13.1. The highest BCUT2D eigenvalue weighted by molar-refractivity contribution is 5.17. The highest BCUT2D eigenvalue weighted by atomic mass is 16.5. The van der Waals surface area contributed by atoms with Crippen molar-refractivity contribution < 1.29 is 4.74 Å². The third-order valence-electron chi connectivity index (χ3n) is 2.38.